The van der Waals surface area contributed by atoms with Gasteiger partial charge < -0.3 is 35.6 Å². The van der Waals surface area contributed by atoms with Crippen LogP contribution in [-0.2, 0) is 16.0 Å². The maximum absolute atomic E-state index is 14.5. The minimum absolute atomic E-state index is 0.0134. The lowest BCUT2D eigenvalue weighted by atomic mass is 9.89. The average Bonchev–Trinajstić information content (AvgIpc) is 3.73. The summed E-state index contributed by atoms with van der Waals surface area (Å²) < 4.78 is 0. The van der Waals surface area contributed by atoms with Crippen molar-refractivity contribution in [2.24, 2.45) is 5.92 Å². The largest absolute Gasteiger partial charge is 0.368 e. The van der Waals surface area contributed by atoms with E-state index in [0.29, 0.717) is 58.5 Å². The Labute approximate surface area is 331 Å². The summed E-state index contributed by atoms with van der Waals surface area (Å²) in [6, 6.07) is 15.7. The summed E-state index contributed by atoms with van der Waals surface area (Å²) in [5, 5.41) is 18.8. The smallest absolute Gasteiger partial charge is 0.318 e. The summed E-state index contributed by atoms with van der Waals surface area (Å²) in [5.41, 5.74) is 5.31. The lowest BCUT2D eigenvalue weighted by Gasteiger charge is -2.38. The first kappa shape index (κ1) is 38.1. The number of piperazine rings is 1. The maximum atomic E-state index is 14.5. The number of aromatic amines is 2. The van der Waals surface area contributed by atoms with Crippen molar-refractivity contribution >= 4 is 45.3 Å². The number of carbonyl (C=O) groups excluding carboxylic acids is 3. The van der Waals surface area contributed by atoms with E-state index in [1.807, 2.05) is 66.4 Å². The highest BCUT2D eigenvalue weighted by Gasteiger charge is 2.35. The van der Waals surface area contributed by atoms with Gasteiger partial charge in [0.2, 0.25) is 11.8 Å². The van der Waals surface area contributed by atoms with E-state index >= 15 is 0 Å². The number of aryl methyl sites for hydroxylation is 1. The van der Waals surface area contributed by atoms with Crippen LogP contribution in [0.4, 0.5) is 10.5 Å². The highest BCUT2D eigenvalue weighted by atomic mass is 16.2. The van der Waals surface area contributed by atoms with Crippen molar-refractivity contribution in [2.45, 2.75) is 63.5 Å². The molecule has 2 atom stereocenters. The Kier molecular flexibility index (Phi) is 11.5. The van der Waals surface area contributed by atoms with Crippen LogP contribution in [0, 0.1) is 12.8 Å². The van der Waals surface area contributed by atoms with Gasteiger partial charge in [-0.05, 0) is 111 Å². The van der Waals surface area contributed by atoms with Gasteiger partial charge in [0.1, 0.15) is 12.1 Å². The molecule has 8 rings (SSSR count). The minimum Gasteiger partial charge on any atom is -0.368 e. The fraction of sp³-hybridized carbons (Fsp3) is 0.442. The van der Waals surface area contributed by atoms with Crippen molar-refractivity contribution in [1.82, 2.24) is 45.9 Å². The molecule has 57 heavy (non-hydrogen) atoms. The first-order valence-corrected chi connectivity index (χ1v) is 20.3. The van der Waals surface area contributed by atoms with Gasteiger partial charge in [-0.1, -0.05) is 24.3 Å². The van der Waals surface area contributed by atoms with E-state index in [-0.39, 0.29) is 41.7 Å². The van der Waals surface area contributed by atoms with E-state index < -0.39 is 12.1 Å². The number of pyridine rings is 2. The molecule has 5 N–H and O–H groups in total. The van der Waals surface area contributed by atoms with Crippen LogP contribution >= 0.6 is 0 Å². The van der Waals surface area contributed by atoms with E-state index in [9.17, 15) is 19.2 Å². The Hall–Kier alpha value is -5.76. The monoisotopic (exact) mass is 772 g/mol. The number of likely N-dealkylation sites (tertiary alicyclic amines) is 1. The van der Waals surface area contributed by atoms with Crippen LogP contribution in [0.5, 0.6) is 0 Å². The Morgan fingerprint density at radius 1 is 0.842 bits per heavy atom. The molecule has 3 saturated heterocycles. The van der Waals surface area contributed by atoms with Crippen molar-refractivity contribution in [3.8, 4) is 0 Å². The van der Waals surface area contributed by atoms with E-state index in [0.717, 1.165) is 70.1 Å². The number of fused-ring (bicyclic) bond motifs is 2. The van der Waals surface area contributed by atoms with Gasteiger partial charge in [-0.2, -0.15) is 5.10 Å². The van der Waals surface area contributed by atoms with Crippen molar-refractivity contribution in [1.29, 1.82) is 0 Å². The fourth-order valence-corrected chi connectivity index (χ4v) is 8.88. The van der Waals surface area contributed by atoms with Crippen LogP contribution in [0.3, 0.4) is 0 Å². The van der Waals surface area contributed by atoms with E-state index in [1.54, 1.807) is 23.5 Å². The second kappa shape index (κ2) is 17.2. The zero-order chi connectivity index (χ0) is 39.3. The number of H-pyrrole nitrogens is 2. The molecule has 6 heterocycles. The molecule has 298 valence electrons. The minimum atomic E-state index is -0.936. The van der Waals surface area contributed by atoms with Gasteiger partial charge in [-0.25, -0.2) is 4.79 Å². The lowest BCUT2D eigenvalue weighted by molar-refractivity contribution is -0.137. The third-order valence-corrected chi connectivity index (χ3v) is 12.1. The number of para-hydroxylation sites is 1. The SMILES string of the molecule is Cc1cc(CC(NC(=O)N2CCC(c3cc4ccccc4[nH]c3=O)CC2)C(=O)N[C@@H](CC2CCNCC2)C(=O)N2CCN(c3ccncc3)CC2)cc2cn[nH]c12. The summed E-state index contributed by atoms with van der Waals surface area (Å²) in [6.45, 7) is 7.10. The lowest BCUT2D eigenvalue weighted by Crippen LogP contribution is -2.59. The van der Waals surface area contributed by atoms with Crippen LogP contribution in [-0.4, -0.2) is 112 Å². The molecule has 3 aliphatic heterocycles. The molecule has 3 aliphatic rings. The van der Waals surface area contributed by atoms with E-state index in [4.69, 9.17) is 0 Å². The Morgan fingerprint density at radius 2 is 1.60 bits per heavy atom. The van der Waals surface area contributed by atoms with Crippen LogP contribution in [0.1, 0.15) is 54.7 Å². The van der Waals surface area contributed by atoms with Crippen molar-refractivity contribution < 1.29 is 14.4 Å². The van der Waals surface area contributed by atoms with Gasteiger partial charge in [-0.15, -0.1) is 0 Å². The van der Waals surface area contributed by atoms with Gasteiger partial charge in [0.15, 0.2) is 0 Å². The molecule has 0 radical (unpaired) electrons. The van der Waals surface area contributed by atoms with E-state index in [2.05, 4.69) is 41.0 Å². The topological polar surface area (TPSA) is 171 Å². The predicted octanol–water partition coefficient (Wildman–Crippen LogP) is 3.83. The number of hydrogen-bond donors (Lipinski definition) is 5. The highest BCUT2D eigenvalue weighted by molar-refractivity contribution is 5.92. The molecule has 1 unspecified atom stereocenters. The fourth-order valence-electron chi connectivity index (χ4n) is 8.88. The second-order valence-electron chi connectivity index (χ2n) is 15.9. The Bertz CT molecular complexity index is 2250. The second-order valence-corrected chi connectivity index (χ2v) is 15.9. The number of nitrogens with zero attached hydrogens (tertiary/aromatic N) is 5. The Balaban J connectivity index is 0.985. The first-order chi connectivity index (χ1) is 27.8. The van der Waals surface area contributed by atoms with Crippen LogP contribution < -0.4 is 26.4 Å². The number of amides is 4. The number of urea groups is 1. The number of benzene rings is 2. The Morgan fingerprint density at radius 3 is 2.37 bits per heavy atom. The molecule has 0 bridgehead atoms. The molecule has 2 aromatic carbocycles. The summed E-state index contributed by atoms with van der Waals surface area (Å²) in [5.74, 6) is -0.162. The van der Waals surface area contributed by atoms with Crippen LogP contribution in [0.2, 0.25) is 0 Å². The summed E-state index contributed by atoms with van der Waals surface area (Å²) in [6.07, 6.45) is 9.20. The molecule has 14 nitrogen and oxygen atoms in total. The van der Waals surface area contributed by atoms with Gasteiger partial charge in [0.05, 0.1) is 11.7 Å². The number of piperidine rings is 2. The molecular formula is C43H52N10O4. The number of rotatable bonds is 10. The van der Waals surface area contributed by atoms with Crippen molar-refractivity contribution in [2.75, 3.05) is 57.3 Å². The molecule has 5 aromatic rings. The van der Waals surface area contributed by atoms with Crippen LogP contribution in [0.25, 0.3) is 21.8 Å². The standard InChI is InChI=1S/C43H52N10O4/c1-28-22-30(23-33-27-46-50-39(28)33)25-37(49-43(57)53-16-10-31(11-17-53)35-26-32-4-2-3-5-36(32)47-40(35)54)41(55)48-38(24-29-6-12-44-13-7-29)42(56)52-20-18-51(19-21-52)34-8-14-45-15-9-34/h2-5,8-9,14-15,22-23,26-27,29,31,37-38,44H,6-7,10-13,16-21,24-25H2,1H3,(H,46,50)(H,47,54)(H,48,55)(H,49,57)/t37?,38-/m0/s1. The van der Waals surface area contributed by atoms with Gasteiger partial charge in [-0.3, -0.25) is 24.5 Å². The third kappa shape index (κ3) is 8.80. The zero-order valence-electron chi connectivity index (χ0n) is 32.5. The van der Waals surface area contributed by atoms with Crippen LogP contribution in [0.15, 0.2) is 78.0 Å². The first-order valence-electron chi connectivity index (χ1n) is 20.3. The molecular weight excluding hydrogens is 721 g/mol. The highest BCUT2D eigenvalue weighted by Crippen LogP contribution is 2.28. The number of anilines is 1. The van der Waals surface area contributed by atoms with E-state index in [1.165, 1.54) is 0 Å². The number of aromatic nitrogens is 4. The molecule has 3 fully saturated rings. The molecule has 0 spiro atoms. The molecule has 0 saturated carbocycles. The quantitative estimate of drug-likeness (QED) is 0.143. The average molecular weight is 773 g/mol. The maximum Gasteiger partial charge on any atom is 0.318 e. The summed E-state index contributed by atoms with van der Waals surface area (Å²) in [7, 11) is 0. The van der Waals surface area contributed by atoms with Crippen molar-refractivity contribution in [3.05, 3.63) is 100 Å². The number of hydrogen-bond acceptors (Lipinski definition) is 8. The molecule has 0 aliphatic carbocycles. The summed E-state index contributed by atoms with van der Waals surface area (Å²) >= 11 is 0. The predicted molar refractivity (Wildman–Crippen MR) is 220 cm³/mol. The molecule has 3 aromatic heterocycles. The van der Waals surface area contributed by atoms with Crippen molar-refractivity contribution in [3.63, 3.8) is 0 Å². The molecule has 14 heteroatoms. The number of carbonyl (C=O) groups is 3. The normalized spacial score (nSPS) is 18.1. The number of nitrogens with one attached hydrogen (secondary N) is 5. The van der Waals surface area contributed by atoms with Gasteiger partial charge >= 0.3 is 6.03 Å². The van der Waals surface area contributed by atoms with Gasteiger partial charge in [0.25, 0.3) is 5.56 Å². The summed E-state index contributed by atoms with van der Waals surface area (Å²) in [4.78, 5) is 68.9. The molecule has 4 amide bonds. The third-order valence-electron chi connectivity index (χ3n) is 12.1. The van der Waals surface area contributed by atoms with Gasteiger partial charge in [0, 0.05) is 80.2 Å². The zero-order valence-corrected chi connectivity index (χ0v) is 32.5.